The monoisotopic (exact) mass is 359 g/mol. The quantitative estimate of drug-likeness (QED) is 0.754. The number of anilines is 1. The summed E-state index contributed by atoms with van der Waals surface area (Å²) in [6, 6.07) is 12.0. The number of amides is 2. The predicted octanol–water partition coefficient (Wildman–Crippen LogP) is 4.14. The molecule has 2 aromatic carbocycles. The molecular formula is C19H15ClFNO3. The summed E-state index contributed by atoms with van der Waals surface area (Å²) in [5.41, 5.74) is 0.745. The molecule has 0 bridgehead atoms. The van der Waals surface area contributed by atoms with Crippen LogP contribution in [0.25, 0.3) is 5.57 Å². The predicted molar refractivity (Wildman–Crippen MR) is 93.9 cm³/mol. The number of carbonyl (C=O) groups excluding carboxylic acids is 2. The number of benzene rings is 2. The number of carbonyl (C=O) groups is 2. The van der Waals surface area contributed by atoms with Crippen LogP contribution in [-0.2, 0) is 9.59 Å². The van der Waals surface area contributed by atoms with Crippen molar-refractivity contribution in [3.8, 4) is 5.75 Å². The molecule has 3 rings (SSSR count). The van der Waals surface area contributed by atoms with Gasteiger partial charge in [0.1, 0.15) is 16.6 Å². The highest BCUT2D eigenvalue weighted by molar-refractivity contribution is 6.60. The molecule has 128 valence electrons. The Morgan fingerprint density at radius 3 is 2.44 bits per heavy atom. The Morgan fingerprint density at radius 2 is 1.80 bits per heavy atom. The van der Waals surface area contributed by atoms with E-state index in [0.29, 0.717) is 17.9 Å². The average molecular weight is 360 g/mol. The molecule has 0 atom stereocenters. The van der Waals surface area contributed by atoms with Gasteiger partial charge in [0.05, 0.1) is 17.9 Å². The molecule has 0 saturated carbocycles. The van der Waals surface area contributed by atoms with Crippen LogP contribution >= 0.6 is 11.6 Å². The van der Waals surface area contributed by atoms with E-state index in [9.17, 15) is 14.0 Å². The lowest BCUT2D eigenvalue weighted by Crippen LogP contribution is -2.31. The Morgan fingerprint density at radius 1 is 1.08 bits per heavy atom. The molecule has 2 amide bonds. The number of hydrogen-bond acceptors (Lipinski definition) is 3. The van der Waals surface area contributed by atoms with Crippen molar-refractivity contribution in [3.05, 3.63) is 64.9 Å². The lowest BCUT2D eigenvalue weighted by atomic mass is 10.1. The third-order valence-corrected chi connectivity index (χ3v) is 4.06. The largest absolute Gasteiger partial charge is 0.494 e. The zero-order valence-electron chi connectivity index (χ0n) is 13.5. The zero-order valence-corrected chi connectivity index (χ0v) is 14.2. The lowest BCUT2D eigenvalue weighted by molar-refractivity contribution is -0.119. The van der Waals surface area contributed by atoms with Gasteiger partial charge < -0.3 is 4.74 Å². The van der Waals surface area contributed by atoms with Crippen LogP contribution in [0.15, 0.2) is 53.6 Å². The number of nitrogens with zero attached hydrogens (tertiary/aromatic N) is 1. The van der Waals surface area contributed by atoms with Crippen molar-refractivity contribution >= 4 is 34.7 Å². The van der Waals surface area contributed by atoms with Crippen LogP contribution < -0.4 is 9.64 Å². The summed E-state index contributed by atoms with van der Waals surface area (Å²) in [5, 5.41) is -0.184. The molecule has 0 aliphatic carbocycles. The SMILES string of the molecule is CCCOc1ccc(C2=C(Cl)C(=O)N(c3cccc(F)c3)C2=O)cc1. The molecule has 1 aliphatic rings. The molecule has 0 radical (unpaired) electrons. The Hall–Kier alpha value is -2.66. The van der Waals surface area contributed by atoms with Crippen LogP contribution in [0.1, 0.15) is 18.9 Å². The molecule has 2 aromatic rings. The normalized spacial score (nSPS) is 14.4. The summed E-state index contributed by atoms with van der Waals surface area (Å²) in [5.74, 6) is -1.12. The maximum absolute atomic E-state index is 13.4. The van der Waals surface area contributed by atoms with Crippen LogP contribution in [0.5, 0.6) is 5.75 Å². The minimum atomic E-state index is -0.668. The van der Waals surface area contributed by atoms with Crippen molar-refractivity contribution in [3.63, 3.8) is 0 Å². The van der Waals surface area contributed by atoms with Gasteiger partial charge in [-0.3, -0.25) is 9.59 Å². The smallest absolute Gasteiger partial charge is 0.277 e. The third kappa shape index (κ3) is 3.28. The molecule has 0 fully saturated rings. The molecule has 0 N–H and O–H groups in total. The van der Waals surface area contributed by atoms with Crippen molar-refractivity contribution < 1.29 is 18.7 Å². The fourth-order valence-electron chi connectivity index (χ4n) is 2.54. The van der Waals surface area contributed by atoms with Gasteiger partial charge in [0.25, 0.3) is 11.8 Å². The van der Waals surface area contributed by atoms with Gasteiger partial charge >= 0.3 is 0 Å². The Balaban J connectivity index is 1.92. The first kappa shape index (κ1) is 17.2. The van der Waals surface area contributed by atoms with E-state index in [1.165, 1.54) is 18.2 Å². The van der Waals surface area contributed by atoms with Crippen molar-refractivity contribution in [2.24, 2.45) is 0 Å². The molecule has 0 spiro atoms. The molecule has 0 saturated heterocycles. The molecule has 25 heavy (non-hydrogen) atoms. The van der Waals surface area contributed by atoms with Crippen LogP contribution in [0.3, 0.4) is 0 Å². The lowest BCUT2D eigenvalue weighted by Gasteiger charge is -2.14. The Kier molecular flexibility index (Phi) is 4.86. The summed E-state index contributed by atoms with van der Waals surface area (Å²) in [4.78, 5) is 26.0. The van der Waals surface area contributed by atoms with Crippen LogP contribution in [-0.4, -0.2) is 18.4 Å². The van der Waals surface area contributed by atoms with E-state index in [4.69, 9.17) is 16.3 Å². The zero-order chi connectivity index (χ0) is 18.0. The van der Waals surface area contributed by atoms with Crippen LogP contribution in [0, 0.1) is 5.82 Å². The Labute approximate surface area is 149 Å². The second-order valence-corrected chi connectivity index (χ2v) is 5.87. The molecular weight excluding hydrogens is 345 g/mol. The summed E-state index contributed by atoms with van der Waals surface area (Å²) >= 11 is 6.11. The minimum Gasteiger partial charge on any atom is -0.494 e. The average Bonchev–Trinajstić information content (AvgIpc) is 2.83. The fraction of sp³-hybridized carbons (Fsp3) is 0.158. The fourth-order valence-corrected chi connectivity index (χ4v) is 2.82. The topological polar surface area (TPSA) is 46.6 Å². The highest BCUT2D eigenvalue weighted by atomic mass is 35.5. The third-order valence-electron chi connectivity index (χ3n) is 3.71. The van der Waals surface area contributed by atoms with Gasteiger partial charge in [-0.1, -0.05) is 36.7 Å². The van der Waals surface area contributed by atoms with E-state index >= 15 is 0 Å². The van der Waals surface area contributed by atoms with E-state index < -0.39 is 17.6 Å². The number of rotatable bonds is 5. The summed E-state index contributed by atoms with van der Waals surface area (Å²) < 4.78 is 18.9. The Bertz CT molecular complexity index is 861. The second-order valence-electron chi connectivity index (χ2n) is 5.49. The number of halogens is 2. The highest BCUT2D eigenvalue weighted by Gasteiger charge is 2.39. The van der Waals surface area contributed by atoms with Crippen LogP contribution in [0.4, 0.5) is 10.1 Å². The highest BCUT2D eigenvalue weighted by Crippen LogP contribution is 2.35. The van der Waals surface area contributed by atoms with E-state index in [0.717, 1.165) is 17.4 Å². The van der Waals surface area contributed by atoms with Crippen molar-refractivity contribution in [2.75, 3.05) is 11.5 Å². The van der Waals surface area contributed by atoms with Gasteiger partial charge in [-0.2, -0.15) is 0 Å². The maximum atomic E-state index is 13.4. The molecule has 4 nitrogen and oxygen atoms in total. The second kappa shape index (κ2) is 7.07. The molecule has 1 heterocycles. The standard InChI is InChI=1S/C19H15ClFNO3/c1-2-10-25-15-8-6-12(7-9-15)16-17(20)19(24)22(18(16)23)14-5-3-4-13(21)11-14/h3-9,11H,2,10H2,1H3. The van der Waals surface area contributed by atoms with Gasteiger partial charge in [0.2, 0.25) is 0 Å². The van der Waals surface area contributed by atoms with Gasteiger partial charge in [0, 0.05) is 0 Å². The first-order chi connectivity index (χ1) is 12.0. The number of ether oxygens (including phenoxy) is 1. The molecule has 6 heteroatoms. The first-order valence-corrected chi connectivity index (χ1v) is 8.18. The number of imide groups is 1. The van der Waals surface area contributed by atoms with Gasteiger partial charge in [-0.25, -0.2) is 9.29 Å². The summed E-state index contributed by atoms with van der Waals surface area (Å²) in [6.45, 7) is 2.59. The van der Waals surface area contributed by atoms with E-state index in [2.05, 4.69) is 0 Å². The van der Waals surface area contributed by atoms with Crippen molar-refractivity contribution in [1.82, 2.24) is 0 Å². The minimum absolute atomic E-state index is 0.0953. The van der Waals surface area contributed by atoms with Gasteiger partial charge in [0.15, 0.2) is 0 Å². The number of hydrogen-bond donors (Lipinski definition) is 0. The van der Waals surface area contributed by atoms with E-state index in [1.807, 2.05) is 6.92 Å². The van der Waals surface area contributed by atoms with E-state index in [1.54, 1.807) is 24.3 Å². The van der Waals surface area contributed by atoms with Crippen molar-refractivity contribution in [1.29, 1.82) is 0 Å². The van der Waals surface area contributed by atoms with Crippen LogP contribution in [0.2, 0.25) is 0 Å². The molecule has 0 unspecified atom stereocenters. The van der Waals surface area contributed by atoms with Crippen molar-refractivity contribution in [2.45, 2.75) is 13.3 Å². The van der Waals surface area contributed by atoms with Gasteiger partial charge in [-0.15, -0.1) is 0 Å². The molecule has 1 aliphatic heterocycles. The summed E-state index contributed by atoms with van der Waals surface area (Å²) in [6.07, 6.45) is 0.883. The van der Waals surface area contributed by atoms with Gasteiger partial charge in [-0.05, 0) is 42.3 Å². The molecule has 0 aromatic heterocycles. The van der Waals surface area contributed by atoms with E-state index in [-0.39, 0.29) is 16.3 Å². The first-order valence-electron chi connectivity index (χ1n) is 7.80. The summed E-state index contributed by atoms with van der Waals surface area (Å²) in [7, 11) is 0. The maximum Gasteiger partial charge on any atom is 0.277 e.